The van der Waals surface area contributed by atoms with Crippen molar-refractivity contribution in [2.45, 2.75) is 20.3 Å². The number of carbonyl (C=O) groups excluding carboxylic acids is 2. The number of piperazine rings is 1. The summed E-state index contributed by atoms with van der Waals surface area (Å²) < 4.78 is 0. The van der Waals surface area contributed by atoms with Crippen LogP contribution in [0.1, 0.15) is 29.9 Å². The molecule has 0 radical (unpaired) electrons. The summed E-state index contributed by atoms with van der Waals surface area (Å²) in [4.78, 5) is 40.7. The van der Waals surface area contributed by atoms with Gasteiger partial charge >= 0.3 is 0 Å². The number of rotatable bonds is 6. The molecular formula is C29H31ClN6O2. The standard InChI is InChI=1S/C27H25ClN6O2.C2H6/c28-21-7-5-20(6-8-21)23-11-13-30-27(32-23)31-22-9-3-19(4-10-22)18-25(35)33-14-16-34(17-15-33)26(36)24-2-1-12-29-24;1-2/h1-13,29H,14-18H2,(H,30,31,32);1-2H3. The summed E-state index contributed by atoms with van der Waals surface area (Å²) in [5.41, 5.74) is 4.07. The lowest BCUT2D eigenvalue weighted by Gasteiger charge is -2.34. The van der Waals surface area contributed by atoms with E-state index in [9.17, 15) is 9.59 Å². The van der Waals surface area contributed by atoms with Crippen molar-refractivity contribution in [2.75, 3.05) is 31.5 Å². The van der Waals surface area contributed by atoms with E-state index in [-0.39, 0.29) is 11.8 Å². The van der Waals surface area contributed by atoms with E-state index in [2.05, 4.69) is 20.3 Å². The number of nitrogens with zero attached hydrogens (tertiary/aromatic N) is 4. The first kappa shape index (κ1) is 26.9. The number of H-pyrrole nitrogens is 1. The molecule has 2 aromatic carbocycles. The van der Waals surface area contributed by atoms with Gasteiger partial charge in [0.25, 0.3) is 5.91 Å². The maximum absolute atomic E-state index is 12.8. The quantitative estimate of drug-likeness (QED) is 0.347. The lowest BCUT2D eigenvalue weighted by atomic mass is 10.1. The van der Waals surface area contributed by atoms with Crippen molar-refractivity contribution in [1.82, 2.24) is 24.8 Å². The number of halogens is 1. The summed E-state index contributed by atoms with van der Waals surface area (Å²) in [6.07, 6.45) is 3.75. The molecule has 0 spiro atoms. The van der Waals surface area contributed by atoms with Crippen LogP contribution in [-0.4, -0.2) is 62.7 Å². The van der Waals surface area contributed by atoms with E-state index in [1.165, 1.54) is 0 Å². The number of benzene rings is 2. The number of aromatic amines is 1. The third-order valence-electron chi connectivity index (χ3n) is 6.11. The largest absolute Gasteiger partial charge is 0.357 e. The summed E-state index contributed by atoms with van der Waals surface area (Å²) in [5.74, 6) is 0.512. The van der Waals surface area contributed by atoms with Gasteiger partial charge in [0.1, 0.15) is 5.69 Å². The van der Waals surface area contributed by atoms with Crippen LogP contribution in [0.2, 0.25) is 5.02 Å². The highest BCUT2D eigenvalue weighted by Crippen LogP contribution is 2.22. The highest BCUT2D eigenvalue weighted by atomic mass is 35.5. The molecule has 196 valence electrons. The van der Waals surface area contributed by atoms with Crippen LogP contribution in [-0.2, 0) is 11.2 Å². The predicted molar refractivity (Wildman–Crippen MR) is 151 cm³/mol. The first-order chi connectivity index (χ1) is 18.5. The fourth-order valence-corrected chi connectivity index (χ4v) is 4.24. The number of hydrogen-bond acceptors (Lipinski definition) is 5. The third kappa shape index (κ3) is 6.77. The molecule has 1 aliphatic heterocycles. The van der Waals surface area contributed by atoms with E-state index >= 15 is 0 Å². The zero-order chi connectivity index (χ0) is 26.9. The lowest BCUT2D eigenvalue weighted by Crippen LogP contribution is -2.51. The van der Waals surface area contributed by atoms with Gasteiger partial charge < -0.3 is 20.1 Å². The minimum Gasteiger partial charge on any atom is -0.357 e. The van der Waals surface area contributed by atoms with Crippen molar-refractivity contribution in [1.29, 1.82) is 0 Å². The first-order valence-corrected chi connectivity index (χ1v) is 13.1. The van der Waals surface area contributed by atoms with E-state index < -0.39 is 0 Å². The zero-order valence-corrected chi connectivity index (χ0v) is 22.3. The average Bonchev–Trinajstić information content (AvgIpc) is 3.51. The second-order valence-electron chi connectivity index (χ2n) is 8.53. The minimum atomic E-state index is -0.0298. The van der Waals surface area contributed by atoms with Gasteiger partial charge in [0.15, 0.2) is 0 Å². The molecule has 0 bridgehead atoms. The second kappa shape index (κ2) is 12.9. The van der Waals surface area contributed by atoms with Gasteiger partial charge in [-0.15, -0.1) is 0 Å². The van der Waals surface area contributed by atoms with Crippen LogP contribution < -0.4 is 5.32 Å². The summed E-state index contributed by atoms with van der Waals surface area (Å²) in [5, 5.41) is 3.89. The second-order valence-corrected chi connectivity index (χ2v) is 8.96. The van der Waals surface area contributed by atoms with Crippen LogP contribution in [0.5, 0.6) is 0 Å². The molecule has 0 saturated carbocycles. The molecule has 8 nitrogen and oxygen atoms in total. The molecule has 1 fully saturated rings. The molecule has 2 amide bonds. The van der Waals surface area contributed by atoms with Crippen molar-refractivity contribution in [3.05, 3.63) is 95.4 Å². The fraction of sp³-hybridized carbons (Fsp3) is 0.241. The Morgan fingerprint density at radius 2 is 1.61 bits per heavy atom. The fourth-order valence-electron chi connectivity index (χ4n) is 4.11. The topological polar surface area (TPSA) is 94.2 Å². The zero-order valence-electron chi connectivity index (χ0n) is 21.5. The van der Waals surface area contributed by atoms with E-state index in [0.717, 1.165) is 22.5 Å². The third-order valence-corrected chi connectivity index (χ3v) is 6.36. The first-order valence-electron chi connectivity index (χ1n) is 12.7. The molecule has 1 saturated heterocycles. The normalized spacial score (nSPS) is 12.9. The molecule has 4 aromatic rings. The van der Waals surface area contributed by atoms with E-state index in [1.54, 1.807) is 29.4 Å². The van der Waals surface area contributed by atoms with Gasteiger partial charge in [0, 0.05) is 54.8 Å². The molecule has 3 heterocycles. The monoisotopic (exact) mass is 530 g/mol. The number of aromatic nitrogens is 3. The van der Waals surface area contributed by atoms with Gasteiger partial charge in [-0.2, -0.15) is 0 Å². The molecule has 2 N–H and O–H groups in total. The maximum Gasteiger partial charge on any atom is 0.270 e. The lowest BCUT2D eigenvalue weighted by molar-refractivity contribution is -0.131. The Bertz CT molecular complexity index is 1330. The summed E-state index contributed by atoms with van der Waals surface area (Å²) in [7, 11) is 0. The van der Waals surface area contributed by atoms with Crippen molar-refractivity contribution < 1.29 is 9.59 Å². The molecule has 0 aliphatic carbocycles. The smallest absolute Gasteiger partial charge is 0.270 e. The molecule has 5 rings (SSSR count). The Hall–Kier alpha value is -4.17. The van der Waals surface area contributed by atoms with Gasteiger partial charge in [-0.05, 0) is 48.0 Å². The number of carbonyl (C=O) groups is 2. The van der Waals surface area contributed by atoms with Crippen molar-refractivity contribution >= 4 is 35.1 Å². The Balaban J connectivity index is 0.00000164. The number of nitrogens with one attached hydrogen (secondary N) is 2. The Labute approximate surface area is 227 Å². The van der Waals surface area contributed by atoms with E-state index in [4.69, 9.17) is 11.6 Å². The minimum absolute atomic E-state index is 0.0298. The Kier molecular flexibility index (Phi) is 9.11. The molecule has 38 heavy (non-hydrogen) atoms. The highest BCUT2D eigenvalue weighted by Gasteiger charge is 2.25. The summed E-state index contributed by atoms with van der Waals surface area (Å²) in [6.45, 7) is 6.13. The maximum atomic E-state index is 12.8. The molecule has 0 unspecified atom stereocenters. The van der Waals surface area contributed by atoms with E-state index in [0.29, 0.717) is 49.3 Å². The molecule has 2 aromatic heterocycles. The summed E-state index contributed by atoms with van der Waals surface area (Å²) in [6, 6.07) is 20.6. The van der Waals surface area contributed by atoms with Gasteiger partial charge in [-0.1, -0.05) is 49.7 Å². The van der Waals surface area contributed by atoms with Crippen LogP contribution in [0.3, 0.4) is 0 Å². The van der Waals surface area contributed by atoms with Gasteiger partial charge in [-0.25, -0.2) is 9.97 Å². The SMILES string of the molecule is CC.O=C(Cc1ccc(Nc2nccc(-c3ccc(Cl)cc3)n2)cc1)N1CCN(C(=O)c2ccc[nH]2)CC1. The Morgan fingerprint density at radius 1 is 0.921 bits per heavy atom. The Morgan fingerprint density at radius 3 is 2.26 bits per heavy atom. The van der Waals surface area contributed by atoms with Crippen LogP contribution in [0, 0.1) is 0 Å². The van der Waals surface area contributed by atoms with Crippen molar-refractivity contribution in [3.63, 3.8) is 0 Å². The van der Waals surface area contributed by atoms with Crippen LogP contribution in [0.15, 0.2) is 79.1 Å². The highest BCUT2D eigenvalue weighted by molar-refractivity contribution is 6.30. The van der Waals surface area contributed by atoms with Gasteiger partial charge in [0.05, 0.1) is 12.1 Å². The summed E-state index contributed by atoms with van der Waals surface area (Å²) >= 11 is 5.98. The van der Waals surface area contributed by atoms with Crippen molar-refractivity contribution in [3.8, 4) is 11.3 Å². The number of hydrogen-bond donors (Lipinski definition) is 2. The molecular weight excluding hydrogens is 500 g/mol. The van der Waals surface area contributed by atoms with E-state index in [1.807, 2.05) is 73.3 Å². The molecule has 9 heteroatoms. The molecule has 0 atom stereocenters. The van der Waals surface area contributed by atoms with Gasteiger partial charge in [-0.3, -0.25) is 9.59 Å². The van der Waals surface area contributed by atoms with Crippen LogP contribution in [0.25, 0.3) is 11.3 Å². The molecule has 1 aliphatic rings. The number of amides is 2. The predicted octanol–water partition coefficient (Wildman–Crippen LogP) is 5.42. The van der Waals surface area contributed by atoms with Crippen molar-refractivity contribution in [2.24, 2.45) is 0 Å². The average molecular weight is 531 g/mol. The van der Waals surface area contributed by atoms with Crippen LogP contribution in [0.4, 0.5) is 11.6 Å². The van der Waals surface area contributed by atoms with Gasteiger partial charge in [0.2, 0.25) is 11.9 Å². The number of anilines is 2. The van der Waals surface area contributed by atoms with Crippen LogP contribution >= 0.6 is 11.6 Å².